The Hall–Kier alpha value is -1.75. The average molecular weight is 252 g/mol. The summed E-state index contributed by atoms with van der Waals surface area (Å²) in [6.07, 6.45) is 1.39. The fourth-order valence-electron chi connectivity index (χ4n) is 2.22. The lowest BCUT2D eigenvalue weighted by atomic mass is 10.1. The van der Waals surface area contributed by atoms with E-state index in [9.17, 15) is 4.79 Å². The lowest BCUT2D eigenvalue weighted by Gasteiger charge is -2.24. The minimum absolute atomic E-state index is 0.396. The molecule has 0 aromatic carbocycles. The molecule has 0 aliphatic carbocycles. The van der Waals surface area contributed by atoms with Gasteiger partial charge in [0.2, 0.25) is 0 Å². The van der Waals surface area contributed by atoms with Crippen LogP contribution in [0.4, 0.5) is 4.79 Å². The highest BCUT2D eigenvalue weighted by Crippen LogP contribution is 2.28. The summed E-state index contributed by atoms with van der Waals surface area (Å²) in [6, 6.07) is 1.82. The van der Waals surface area contributed by atoms with E-state index >= 15 is 0 Å². The Bertz CT molecular complexity index is 608. The minimum atomic E-state index is -0.889. The molecule has 17 heavy (non-hydrogen) atoms. The normalized spacial score (nSPS) is 15.0. The Kier molecular flexibility index (Phi) is 2.22. The van der Waals surface area contributed by atoms with Crippen molar-refractivity contribution in [3.8, 4) is 0 Å². The maximum absolute atomic E-state index is 11.0. The molecule has 2 aromatic rings. The third-order valence-electron chi connectivity index (χ3n) is 3.06. The first kappa shape index (κ1) is 10.4. The molecule has 0 saturated heterocycles. The molecule has 0 spiro atoms. The topological polar surface area (TPSA) is 69.2 Å². The monoisotopic (exact) mass is 251 g/mol. The number of amides is 1. The third kappa shape index (κ3) is 1.63. The van der Waals surface area contributed by atoms with E-state index in [0.717, 1.165) is 22.3 Å². The highest BCUT2D eigenvalue weighted by Gasteiger charge is 2.23. The third-order valence-corrected chi connectivity index (χ3v) is 3.27. The maximum atomic E-state index is 11.0. The predicted octanol–water partition coefficient (Wildman–Crippen LogP) is 2.25. The Morgan fingerprint density at radius 1 is 1.59 bits per heavy atom. The number of nitrogens with zero attached hydrogens (tertiary/aromatic N) is 2. The first-order valence-corrected chi connectivity index (χ1v) is 5.66. The number of nitrogens with one attached hydrogen (secondary N) is 1. The number of carbonyl (C=O) groups is 1. The molecule has 0 bridgehead atoms. The van der Waals surface area contributed by atoms with Gasteiger partial charge in [-0.25, -0.2) is 9.78 Å². The second-order valence-electron chi connectivity index (χ2n) is 4.09. The molecule has 1 aliphatic rings. The number of hydrogen-bond acceptors (Lipinski definition) is 2. The summed E-state index contributed by atoms with van der Waals surface area (Å²) >= 11 is 5.91. The van der Waals surface area contributed by atoms with Gasteiger partial charge in [0.15, 0.2) is 0 Å². The second-order valence-corrected chi connectivity index (χ2v) is 4.52. The van der Waals surface area contributed by atoms with Crippen molar-refractivity contribution in [2.24, 2.45) is 0 Å². The van der Waals surface area contributed by atoms with E-state index in [2.05, 4.69) is 9.97 Å². The van der Waals surface area contributed by atoms with E-state index in [-0.39, 0.29) is 0 Å². The van der Waals surface area contributed by atoms with Crippen LogP contribution in [-0.4, -0.2) is 32.6 Å². The van der Waals surface area contributed by atoms with Gasteiger partial charge in [0.05, 0.1) is 11.6 Å². The molecule has 0 unspecified atom stereocenters. The van der Waals surface area contributed by atoms with Crippen LogP contribution in [0.15, 0.2) is 12.3 Å². The zero-order valence-electron chi connectivity index (χ0n) is 8.90. The SMILES string of the molecule is O=C(O)N1CCc2[nH]c3ncc(Cl)cc3c2C1. The minimum Gasteiger partial charge on any atom is -0.465 e. The quantitative estimate of drug-likeness (QED) is 0.755. The van der Waals surface area contributed by atoms with Crippen LogP contribution in [0.3, 0.4) is 0 Å². The average Bonchev–Trinajstić information content (AvgIpc) is 2.66. The molecule has 1 aliphatic heterocycles. The van der Waals surface area contributed by atoms with E-state index in [0.29, 0.717) is 24.5 Å². The zero-order chi connectivity index (χ0) is 12.0. The summed E-state index contributed by atoms with van der Waals surface area (Å²) in [5, 5.41) is 10.5. The van der Waals surface area contributed by atoms with Gasteiger partial charge in [-0.1, -0.05) is 11.6 Å². The van der Waals surface area contributed by atoms with Crippen molar-refractivity contribution in [1.82, 2.24) is 14.9 Å². The maximum Gasteiger partial charge on any atom is 0.407 e. The van der Waals surface area contributed by atoms with Gasteiger partial charge in [0.1, 0.15) is 5.65 Å². The standard InChI is InChI=1S/C11H10ClN3O2/c12-6-3-7-8-5-15(11(16)17)2-1-9(8)14-10(7)13-4-6/h3-4H,1-2,5H2,(H,13,14)(H,16,17). The number of aromatic amines is 1. The zero-order valence-corrected chi connectivity index (χ0v) is 9.66. The molecule has 0 radical (unpaired) electrons. The number of halogens is 1. The van der Waals surface area contributed by atoms with Crippen LogP contribution in [0.2, 0.25) is 5.02 Å². The number of hydrogen-bond donors (Lipinski definition) is 2. The van der Waals surface area contributed by atoms with Crippen molar-refractivity contribution >= 4 is 28.7 Å². The van der Waals surface area contributed by atoms with Gasteiger partial charge in [-0.05, 0) is 6.07 Å². The van der Waals surface area contributed by atoms with Gasteiger partial charge in [-0.3, -0.25) is 0 Å². The van der Waals surface area contributed by atoms with Crippen LogP contribution in [-0.2, 0) is 13.0 Å². The van der Waals surface area contributed by atoms with Crippen molar-refractivity contribution in [3.63, 3.8) is 0 Å². The number of pyridine rings is 1. The molecule has 3 heterocycles. The van der Waals surface area contributed by atoms with Crippen molar-refractivity contribution in [2.75, 3.05) is 6.54 Å². The smallest absolute Gasteiger partial charge is 0.407 e. The Balaban J connectivity index is 2.13. The van der Waals surface area contributed by atoms with E-state index in [1.807, 2.05) is 6.07 Å². The van der Waals surface area contributed by atoms with Gasteiger partial charge in [0.25, 0.3) is 0 Å². The van der Waals surface area contributed by atoms with Crippen LogP contribution >= 0.6 is 11.6 Å². The van der Waals surface area contributed by atoms with Crippen molar-refractivity contribution in [2.45, 2.75) is 13.0 Å². The first-order chi connectivity index (χ1) is 8.15. The van der Waals surface area contributed by atoms with Gasteiger partial charge in [-0.2, -0.15) is 0 Å². The van der Waals surface area contributed by atoms with Crippen LogP contribution in [0.5, 0.6) is 0 Å². The van der Waals surface area contributed by atoms with Crippen LogP contribution in [0.1, 0.15) is 11.3 Å². The molecule has 1 amide bonds. The number of carboxylic acid groups (broad SMARTS) is 1. The molecule has 0 atom stereocenters. The predicted molar refractivity (Wildman–Crippen MR) is 63.2 cm³/mol. The Labute approximate surface area is 102 Å². The molecule has 6 heteroatoms. The summed E-state index contributed by atoms with van der Waals surface area (Å²) in [4.78, 5) is 19.8. The van der Waals surface area contributed by atoms with Gasteiger partial charge in [0, 0.05) is 35.8 Å². The molecule has 2 aromatic heterocycles. The summed E-state index contributed by atoms with van der Waals surface area (Å²) in [5.41, 5.74) is 2.82. The molecule has 2 N–H and O–H groups in total. The van der Waals surface area contributed by atoms with Gasteiger partial charge in [-0.15, -0.1) is 0 Å². The van der Waals surface area contributed by atoms with E-state index < -0.39 is 6.09 Å². The first-order valence-electron chi connectivity index (χ1n) is 5.28. The number of fused-ring (bicyclic) bond motifs is 3. The van der Waals surface area contributed by atoms with Crippen LogP contribution in [0.25, 0.3) is 11.0 Å². The van der Waals surface area contributed by atoms with Gasteiger partial charge >= 0.3 is 6.09 Å². The van der Waals surface area contributed by atoms with Crippen molar-refractivity contribution in [3.05, 3.63) is 28.5 Å². The van der Waals surface area contributed by atoms with E-state index in [1.54, 1.807) is 6.20 Å². The lowest BCUT2D eigenvalue weighted by Crippen LogP contribution is -2.34. The van der Waals surface area contributed by atoms with Crippen LogP contribution < -0.4 is 0 Å². The Morgan fingerprint density at radius 3 is 3.18 bits per heavy atom. The lowest BCUT2D eigenvalue weighted by molar-refractivity contribution is 0.140. The molecule has 5 nitrogen and oxygen atoms in total. The summed E-state index contributed by atoms with van der Waals surface area (Å²) in [5.74, 6) is 0. The Morgan fingerprint density at radius 2 is 2.41 bits per heavy atom. The number of rotatable bonds is 0. The molecule has 88 valence electrons. The van der Waals surface area contributed by atoms with E-state index in [4.69, 9.17) is 16.7 Å². The van der Waals surface area contributed by atoms with Crippen LogP contribution in [0, 0.1) is 0 Å². The molecular formula is C11H10ClN3O2. The van der Waals surface area contributed by atoms with Crippen molar-refractivity contribution < 1.29 is 9.90 Å². The summed E-state index contributed by atoms with van der Waals surface area (Å²) in [6.45, 7) is 0.912. The van der Waals surface area contributed by atoms with Gasteiger partial charge < -0.3 is 15.0 Å². The summed E-state index contributed by atoms with van der Waals surface area (Å²) < 4.78 is 0. The van der Waals surface area contributed by atoms with E-state index in [1.165, 1.54) is 4.90 Å². The number of H-pyrrole nitrogens is 1. The summed E-state index contributed by atoms with van der Waals surface area (Å²) in [7, 11) is 0. The molecule has 3 rings (SSSR count). The highest BCUT2D eigenvalue weighted by molar-refractivity contribution is 6.31. The largest absolute Gasteiger partial charge is 0.465 e. The molecule has 0 saturated carbocycles. The fourth-order valence-corrected chi connectivity index (χ4v) is 2.38. The highest BCUT2D eigenvalue weighted by atomic mass is 35.5. The number of aromatic nitrogens is 2. The fraction of sp³-hybridized carbons (Fsp3) is 0.273. The molecular weight excluding hydrogens is 242 g/mol. The van der Waals surface area contributed by atoms with Crippen molar-refractivity contribution in [1.29, 1.82) is 0 Å². The molecule has 0 fully saturated rings. The second kappa shape index (κ2) is 3.63.